The number of halogens is 1. The number of nitrogens with zero attached hydrogens (tertiary/aromatic N) is 1. The Labute approximate surface area is 110 Å². The summed E-state index contributed by atoms with van der Waals surface area (Å²) in [6, 6.07) is 5.47. The van der Waals surface area contributed by atoms with Crippen molar-refractivity contribution in [3.8, 4) is 0 Å². The number of carboxylic acid groups (broad SMARTS) is 1. The fraction of sp³-hybridized carbons (Fsp3) is 0.0909. The molecule has 0 aliphatic rings. The zero-order valence-corrected chi connectivity index (χ0v) is 11.1. The molecule has 2 rings (SSSR count). The fourth-order valence-corrected chi connectivity index (χ4v) is 2.30. The van der Waals surface area contributed by atoms with Gasteiger partial charge in [-0.2, -0.15) is 0 Å². The summed E-state index contributed by atoms with van der Waals surface area (Å²) in [4.78, 5) is 16.2. The molecule has 0 spiro atoms. The number of hydrogen-bond acceptors (Lipinski definition) is 4. The van der Waals surface area contributed by atoms with E-state index in [0.717, 1.165) is 4.88 Å². The van der Waals surface area contributed by atoms with Crippen molar-refractivity contribution in [2.45, 2.75) is 6.54 Å². The smallest absolute Gasteiger partial charge is 0.339 e. The molecule has 2 N–H and O–H groups in total. The number of carbonyl (C=O) groups is 1. The molecule has 0 aromatic carbocycles. The highest BCUT2D eigenvalue weighted by Gasteiger charge is 2.11. The van der Waals surface area contributed by atoms with Gasteiger partial charge >= 0.3 is 5.97 Å². The third kappa shape index (κ3) is 3.04. The van der Waals surface area contributed by atoms with Crippen LogP contribution in [-0.2, 0) is 6.54 Å². The van der Waals surface area contributed by atoms with Crippen molar-refractivity contribution in [3.63, 3.8) is 0 Å². The molecular weight excluding hydrogens is 304 g/mol. The monoisotopic (exact) mass is 312 g/mol. The average Bonchev–Trinajstić information content (AvgIpc) is 2.80. The number of hydrogen-bond donors (Lipinski definition) is 2. The normalized spacial score (nSPS) is 10.2. The highest BCUT2D eigenvalue weighted by atomic mass is 79.9. The summed E-state index contributed by atoms with van der Waals surface area (Å²) in [7, 11) is 0. The predicted molar refractivity (Wildman–Crippen MR) is 70.5 cm³/mol. The number of aromatic nitrogens is 1. The van der Waals surface area contributed by atoms with Crippen molar-refractivity contribution >= 4 is 39.1 Å². The molecule has 6 heteroatoms. The van der Waals surface area contributed by atoms with Gasteiger partial charge in [0.25, 0.3) is 0 Å². The van der Waals surface area contributed by atoms with Crippen LogP contribution in [0.3, 0.4) is 0 Å². The summed E-state index contributed by atoms with van der Waals surface area (Å²) in [6.45, 7) is 0.576. The number of rotatable bonds is 4. The first-order valence-corrected chi connectivity index (χ1v) is 6.49. The van der Waals surface area contributed by atoms with Crippen LogP contribution in [0, 0.1) is 0 Å². The third-order valence-corrected chi connectivity index (χ3v) is 3.40. The molecule has 2 heterocycles. The summed E-state index contributed by atoms with van der Waals surface area (Å²) >= 11 is 4.82. The van der Waals surface area contributed by atoms with E-state index in [1.54, 1.807) is 17.5 Å². The topological polar surface area (TPSA) is 62.2 Å². The quantitative estimate of drug-likeness (QED) is 0.910. The lowest BCUT2D eigenvalue weighted by molar-refractivity contribution is 0.0697. The van der Waals surface area contributed by atoms with E-state index < -0.39 is 5.97 Å². The lowest BCUT2D eigenvalue weighted by atomic mass is 10.2. The Morgan fingerprint density at radius 3 is 3.06 bits per heavy atom. The van der Waals surface area contributed by atoms with E-state index in [2.05, 4.69) is 26.2 Å². The molecule has 17 heavy (non-hydrogen) atoms. The number of thiophene rings is 1. The highest BCUT2D eigenvalue weighted by molar-refractivity contribution is 9.10. The molecule has 0 unspecified atom stereocenters. The minimum Gasteiger partial charge on any atom is -0.478 e. The Hall–Kier alpha value is -1.40. The maximum atomic E-state index is 11.0. The van der Waals surface area contributed by atoms with Gasteiger partial charge in [-0.15, -0.1) is 11.3 Å². The van der Waals surface area contributed by atoms with Crippen LogP contribution >= 0.6 is 27.3 Å². The van der Waals surface area contributed by atoms with Gasteiger partial charge in [0, 0.05) is 15.5 Å². The van der Waals surface area contributed by atoms with Crippen molar-refractivity contribution in [1.82, 2.24) is 4.98 Å². The van der Waals surface area contributed by atoms with Gasteiger partial charge in [0.15, 0.2) is 0 Å². The van der Waals surface area contributed by atoms with Crippen LogP contribution in [-0.4, -0.2) is 16.1 Å². The maximum absolute atomic E-state index is 11.0. The minimum absolute atomic E-state index is 0.163. The molecule has 0 atom stereocenters. The van der Waals surface area contributed by atoms with Crippen LogP contribution < -0.4 is 5.32 Å². The molecular formula is C11H9BrN2O2S. The van der Waals surface area contributed by atoms with Gasteiger partial charge < -0.3 is 10.4 Å². The van der Waals surface area contributed by atoms with Crippen LogP contribution in [0.4, 0.5) is 5.82 Å². The maximum Gasteiger partial charge on any atom is 0.339 e. The van der Waals surface area contributed by atoms with Crippen molar-refractivity contribution in [1.29, 1.82) is 0 Å². The molecule has 88 valence electrons. The first-order valence-electron chi connectivity index (χ1n) is 4.82. The van der Waals surface area contributed by atoms with Crippen LogP contribution in [0.25, 0.3) is 0 Å². The second-order valence-electron chi connectivity index (χ2n) is 3.29. The molecule has 0 radical (unpaired) electrons. The lowest BCUT2D eigenvalue weighted by Gasteiger charge is -2.07. The average molecular weight is 313 g/mol. The van der Waals surface area contributed by atoms with Crippen LogP contribution in [0.2, 0.25) is 0 Å². The number of aromatic carboxylic acids is 1. The minimum atomic E-state index is -0.993. The number of nitrogens with one attached hydrogen (secondary N) is 1. The van der Waals surface area contributed by atoms with Gasteiger partial charge in [0.05, 0.1) is 6.54 Å². The standard InChI is InChI=1S/C11H9BrN2O2S/c12-7-4-9(11(15)16)10(13-5-7)14-6-8-2-1-3-17-8/h1-5H,6H2,(H,13,14)(H,15,16). The molecule has 0 saturated carbocycles. The Bertz CT molecular complexity index is 528. The van der Waals surface area contributed by atoms with Crippen LogP contribution in [0.5, 0.6) is 0 Å². The number of pyridine rings is 1. The van der Waals surface area contributed by atoms with E-state index in [9.17, 15) is 4.79 Å². The third-order valence-electron chi connectivity index (χ3n) is 2.09. The SMILES string of the molecule is O=C(O)c1cc(Br)cnc1NCc1cccs1. The number of anilines is 1. The largest absolute Gasteiger partial charge is 0.478 e. The van der Waals surface area contributed by atoms with Gasteiger partial charge in [-0.1, -0.05) is 6.07 Å². The fourth-order valence-electron chi connectivity index (χ4n) is 1.33. The van der Waals surface area contributed by atoms with Gasteiger partial charge in [0.1, 0.15) is 11.4 Å². The highest BCUT2D eigenvalue weighted by Crippen LogP contribution is 2.19. The molecule has 0 saturated heterocycles. The second kappa shape index (κ2) is 5.29. The summed E-state index contributed by atoms with van der Waals surface area (Å²) < 4.78 is 0.650. The Kier molecular flexibility index (Phi) is 3.75. The van der Waals surface area contributed by atoms with Gasteiger partial charge in [-0.25, -0.2) is 9.78 Å². The van der Waals surface area contributed by atoms with Gasteiger partial charge in [-0.3, -0.25) is 0 Å². The van der Waals surface area contributed by atoms with Crippen molar-refractivity contribution in [2.24, 2.45) is 0 Å². The van der Waals surface area contributed by atoms with E-state index in [4.69, 9.17) is 5.11 Å². The first kappa shape index (κ1) is 12.1. The second-order valence-corrected chi connectivity index (χ2v) is 5.24. The number of carboxylic acids is 1. The van der Waals surface area contributed by atoms with Crippen molar-refractivity contribution in [3.05, 3.63) is 44.7 Å². The lowest BCUT2D eigenvalue weighted by Crippen LogP contribution is -2.07. The Balaban J connectivity index is 2.17. The zero-order valence-electron chi connectivity index (χ0n) is 8.68. The van der Waals surface area contributed by atoms with E-state index >= 15 is 0 Å². The molecule has 2 aromatic rings. The molecule has 0 bridgehead atoms. The van der Waals surface area contributed by atoms with Crippen LogP contribution in [0.15, 0.2) is 34.2 Å². The summed E-state index contributed by atoms with van der Waals surface area (Å²) in [5.41, 5.74) is 0.163. The Morgan fingerprint density at radius 2 is 2.41 bits per heavy atom. The van der Waals surface area contributed by atoms with E-state index in [1.807, 2.05) is 17.5 Å². The Morgan fingerprint density at radius 1 is 1.59 bits per heavy atom. The summed E-state index contributed by atoms with van der Waals surface area (Å²) in [6.07, 6.45) is 1.57. The van der Waals surface area contributed by atoms with E-state index in [-0.39, 0.29) is 5.56 Å². The zero-order chi connectivity index (χ0) is 12.3. The van der Waals surface area contributed by atoms with Gasteiger partial charge in [0.2, 0.25) is 0 Å². The molecule has 2 aromatic heterocycles. The van der Waals surface area contributed by atoms with Gasteiger partial charge in [-0.05, 0) is 33.4 Å². The first-order chi connectivity index (χ1) is 8.16. The van der Waals surface area contributed by atoms with Crippen molar-refractivity contribution < 1.29 is 9.90 Å². The summed E-state index contributed by atoms with van der Waals surface area (Å²) in [5, 5.41) is 14.0. The molecule has 4 nitrogen and oxygen atoms in total. The molecule has 0 aliphatic heterocycles. The van der Waals surface area contributed by atoms with Crippen molar-refractivity contribution in [2.75, 3.05) is 5.32 Å². The molecule has 0 fully saturated rings. The molecule has 0 aliphatic carbocycles. The van der Waals surface area contributed by atoms with E-state index in [1.165, 1.54) is 6.07 Å². The predicted octanol–water partition coefficient (Wildman–Crippen LogP) is 3.22. The van der Waals surface area contributed by atoms with Crippen LogP contribution in [0.1, 0.15) is 15.2 Å². The van der Waals surface area contributed by atoms with E-state index in [0.29, 0.717) is 16.8 Å². The molecule has 0 amide bonds. The summed E-state index contributed by atoms with van der Waals surface area (Å²) in [5.74, 6) is -0.610.